The molecule has 0 aliphatic carbocycles. The summed E-state index contributed by atoms with van der Waals surface area (Å²) in [5.41, 5.74) is 2.67. The van der Waals surface area contributed by atoms with Gasteiger partial charge in [0.15, 0.2) is 5.96 Å². The molecule has 2 aromatic carbocycles. The molecule has 0 saturated heterocycles. The fourth-order valence-electron chi connectivity index (χ4n) is 2.35. The number of aliphatic imine (C=N–C) groups is 1. The molecule has 0 aliphatic rings. The second-order valence-corrected chi connectivity index (χ2v) is 5.51. The van der Waals surface area contributed by atoms with Crippen LogP contribution in [0.15, 0.2) is 53.5 Å². The minimum Gasteiger partial charge on any atom is -0.356 e. The summed E-state index contributed by atoms with van der Waals surface area (Å²) in [4.78, 5) is 15.8. The van der Waals surface area contributed by atoms with Gasteiger partial charge in [-0.2, -0.15) is 0 Å². The fourth-order valence-corrected chi connectivity index (χ4v) is 2.35. The molecule has 0 aromatic heterocycles. The summed E-state index contributed by atoms with van der Waals surface area (Å²) in [5.74, 6) is 0.337. The third-order valence-corrected chi connectivity index (χ3v) is 3.72. The van der Waals surface area contributed by atoms with Gasteiger partial charge in [-0.25, -0.2) is 4.39 Å². The van der Waals surface area contributed by atoms with Crippen LogP contribution in [0.3, 0.4) is 0 Å². The number of amides is 1. The first kappa shape index (κ1) is 21.9. The highest BCUT2D eigenvalue weighted by atomic mass is 127. The monoisotopic (exact) mass is 470 g/mol. The number of rotatable bonds is 6. The van der Waals surface area contributed by atoms with E-state index in [9.17, 15) is 9.18 Å². The van der Waals surface area contributed by atoms with Crippen molar-refractivity contribution in [3.63, 3.8) is 0 Å². The van der Waals surface area contributed by atoms with E-state index in [1.165, 1.54) is 12.1 Å². The lowest BCUT2D eigenvalue weighted by molar-refractivity contribution is 0.0963. The highest BCUT2D eigenvalue weighted by molar-refractivity contribution is 14.0. The van der Waals surface area contributed by atoms with Crippen LogP contribution in [0.1, 0.15) is 21.5 Å². The zero-order valence-corrected chi connectivity index (χ0v) is 17.2. The Kier molecular flexibility index (Phi) is 9.64. The molecule has 140 valence electrons. The third-order valence-electron chi connectivity index (χ3n) is 3.72. The zero-order chi connectivity index (χ0) is 18.1. The Morgan fingerprint density at radius 1 is 1.08 bits per heavy atom. The third kappa shape index (κ3) is 6.99. The summed E-state index contributed by atoms with van der Waals surface area (Å²) in [6, 6.07) is 13.9. The Hall–Kier alpha value is -2.16. The predicted molar refractivity (Wildman–Crippen MR) is 114 cm³/mol. The molecule has 2 rings (SSSR count). The molecule has 0 unspecified atom stereocenters. The molecule has 0 spiro atoms. The van der Waals surface area contributed by atoms with Crippen molar-refractivity contribution in [2.45, 2.75) is 13.0 Å². The van der Waals surface area contributed by atoms with Crippen molar-refractivity contribution < 1.29 is 9.18 Å². The highest BCUT2D eigenvalue weighted by Crippen LogP contribution is 2.05. The first-order valence-electron chi connectivity index (χ1n) is 8.12. The number of carbonyl (C=O) groups excluding carboxylic acids is 1. The molecule has 0 atom stereocenters. The normalized spacial score (nSPS) is 10.7. The van der Waals surface area contributed by atoms with E-state index in [2.05, 4.69) is 20.9 Å². The smallest absolute Gasteiger partial charge is 0.251 e. The lowest BCUT2D eigenvalue weighted by Crippen LogP contribution is -2.37. The van der Waals surface area contributed by atoms with Crippen LogP contribution >= 0.6 is 24.0 Å². The van der Waals surface area contributed by atoms with E-state index in [0.717, 1.165) is 17.5 Å². The van der Waals surface area contributed by atoms with Gasteiger partial charge in [-0.1, -0.05) is 24.3 Å². The van der Waals surface area contributed by atoms with Crippen molar-refractivity contribution in [1.29, 1.82) is 0 Å². The molecule has 0 heterocycles. The topological polar surface area (TPSA) is 65.5 Å². The van der Waals surface area contributed by atoms with Gasteiger partial charge in [-0.05, 0) is 41.8 Å². The lowest BCUT2D eigenvalue weighted by atomic mass is 10.1. The van der Waals surface area contributed by atoms with Crippen molar-refractivity contribution >= 4 is 35.8 Å². The number of hydrogen-bond donors (Lipinski definition) is 3. The molecule has 3 N–H and O–H groups in total. The van der Waals surface area contributed by atoms with Crippen LogP contribution in [0.2, 0.25) is 0 Å². The molecule has 1 amide bonds. The SMILES string of the molecule is CN=C(NCCc1ccc(F)cc1)NCc1cccc(C(=O)NC)c1.I. The molecule has 0 bridgehead atoms. The molecule has 0 fully saturated rings. The first-order valence-corrected chi connectivity index (χ1v) is 8.12. The molecule has 0 radical (unpaired) electrons. The quantitative estimate of drug-likeness (QED) is 0.346. The van der Waals surface area contributed by atoms with E-state index >= 15 is 0 Å². The van der Waals surface area contributed by atoms with Crippen molar-refractivity contribution in [3.8, 4) is 0 Å². The summed E-state index contributed by atoms with van der Waals surface area (Å²) < 4.78 is 12.9. The molecule has 7 heteroatoms. The molecule has 26 heavy (non-hydrogen) atoms. The Bertz CT molecular complexity index is 735. The minimum atomic E-state index is -0.229. The van der Waals surface area contributed by atoms with E-state index in [-0.39, 0.29) is 35.7 Å². The largest absolute Gasteiger partial charge is 0.356 e. The van der Waals surface area contributed by atoms with Crippen LogP contribution in [0.4, 0.5) is 4.39 Å². The Labute approximate surface area is 170 Å². The lowest BCUT2D eigenvalue weighted by Gasteiger charge is -2.12. The van der Waals surface area contributed by atoms with Crippen LogP contribution in [-0.4, -0.2) is 32.5 Å². The van der Waals surface area contributed by atoms with Gasteiger partial charge in [0, 0.05) is 32.7 Å². The fraction of sp³-hybridized carbons (Fsp3) is 0.263. The first-order chi connectivity index (χ1) is 12.1. The van der Waals surface area contributed by atoms with Gasteiger partial charge in [0.2, 0.25) is 0 Å². The van der Waals surface area contributed by atoms with Crippen molar-refractivity contribution in [3.05, 3.63) is 71.0 Å². The molecular weight excluding hydrogens is 446 g/mol. The van der Waals surface area contributed by atoms with Gasteiger partial charge < -0.3 is 16.0 Å². The number of guanidine groups is 1. The van der Waals surface area contributed by atoms with Crippen molar-refractivity contribution in [2.75, 3.05) is 20.6 Å². The van der Waals surface area contributed by atoms with Crippen LogP contribution in [-0.2, 0) is 13.0 Å². The predicted octanol–water partition coefficient (Wildman–Crippen LogP) is 2.71. The summed E-state index contributed by atoms with van der Waals surface area (Å²) in [6.07, 6.45) is 0.771. The van der Waals surface area contributed by atoms with Crippen LogP contribution in [0.5, 0.6) is 0 Å². The maximum absolute atomic E-state index is 12.9. The Morgan fingerprint density at radius 3 is 2.46 bits per heavy atom. The van der Waals surface area contributed by atoms with E-state index in [4.69, 9.17) is 0 Å². The van der Waals surface area contributed by atoms with E-state index in [0.29, 0.717) is 24.6 Å². The molecule has 2 aromatic rings. The second kappa shape index (κ2) is 11.5. The minimum absolute atomic E-state index is 0. The summed E-state index contributed by atoms with van der Waals surface area (Å²) >= 11 is 0. The number of nitrogens with one attached hydrogen (secondary N) is 3. The average Bonchev–Trinajstić information content (AvgIpc) is 2.65. The van der Waals surface area contributed by atoms with Gasteiger partial charge in [0.1, 0.15) is 5.82 Å². The van der Waals surface area contributed by atoms with E-state index < -0.39 is 0 Å². The van der Waals surface area contributed by atoms with Crippen LogP contribution < -0.4 is 16.0 Å². The standard InChI is InChI=1S/C19H23FN4O.HI/c1-21-18(25)16-5-3-4-15(12-16)13-24-19(22-2)23-11-10-14-6-8-17(20)9-7-14;/h3-9,12H,10-11,13H2,1-2H3,(H,21,25)(H2,22,23,24);1H. The summed E-state index contributed by atoms with van der Waals surface area (Å²) in [5, 5.41) is 9.04. The van der Waals surface area contributed by atoms with Crippen molar-refractivity contribution in [2.24, 2.45) is 4.99 Å². The number of nitrogens with zero attached hydrogens (tertiary/aromatic N) is 1. The summed E-state index contributed by atoms with van der Waals surface area (Å²) in [7, 11) is 3.31. The number of benzene rings is 2. The molecule has 0 aliphatic heterocycles. The molecular formula is C19H24FIN4O. The van der Waals surface area contributed by atoms with Gasteiger partial charge in [0.05, 0.1) is 0 Å². The number of carbonyl (C=O) groups is 1. The molecule has 0 saturated carbocycles. The maximum Gasteiger partial charge on any atom is 0.251 e. The van der Waals surface area contributed by atoms with Gasteiger partial charge in [-0.3, -0.25) is 9.79 Å². The van der Waals surface area contributed by atoms with E-state index in [1.54, 1.807) is 32.3 Å². The second-order valence-electron chi connectivity index (χ2n) is 5.51. The van der Waals surface area contributed by atoms with Crippen molar-refractivity contribution in [1.82, 2.24) is 16.0 Å². The number of hydrogen-bond acceptors (Lipinski definition) is 2. The van der Waals surface area contributed by atoms with Crippen LogP contribution in [0, 0.1) is 5.82 Å². The average molecular weight is 470 g/mol. The highest BCUT2D eigenvalue weighted by Gasteiger charge is 2.04. The van der Waals surface area contributed by atoms with E-state index in [1.807, 2.05) is 18.2 Å². The van der Waals surface area contributed by atoms with Crippen LogP contribution in [0.25, 0.3) is 0 Å². The molecule has 5 nitrogen and oxygen atoms in total. The van der Waals surface area contributed by atoms with Gasteiger partial charge >= 0.3 is 0 Å². The maximum atomic E-state index is 12.9. The summed E-state index contributed by atoms with van der Waals surface area (Å²) in [6.45, 7) is 1.24. The Balaban J connectivity index is 0.00000338. The Morgan fingerprint density at radius 2 is 1.81 bits per heavy atom. The van der Waals surface area contributed by atoms with Gasteiger partial charge in [-0.15, -0.1) is 24.0 Å². The zero-order valence-electron chi connectivity index (χ0n) is 14.9. The number of halogens is 2. The van der Waals surface area contributed by atoms with Gasteiger partial charge in [0.25, 0.3) is 5.91 Å².